The number of nitrogens with zero attached hydrogens (tertiary/aromatic N) is 2. The molecule has 0 amide bonds. The summed E-state index contributed by atoms with van der Waals surface area (Å²) in [6.07, 6.45) is 4.80. The van der Waals surface area contributed by atoms with E-state index in [1.54, 1.807) is 0 Å². The Hall–Kier alpha value is -0.590. The zero-order chi connectivity index (χ0) is 13.6. The van der Waals surface area contributed by atoms with Gasteiger partial charge in [-0.2, -0.15) is 5.26 Å². The molecule has 18 heavy (non-hydrogen) atoms. The summed E-state index contributed by atoms with van der Waals surface area (Å²) >= 11 is 0. The number of piperidine rings is 1. The molecular weight excluding hydrogens is 222 g/mol. The molecule has 1 aliphatic heterocycles. The Morgan fingerprint density at radius 3 is 2.39 bits per heavy atom. The highest BCUT2D eigenvalue weighted by Crippen LogP contribution is 2.34. The second-order valence-electron chi connectivity index (χ2n) is 6.23. The molecule has 1 aliphatic rings. The average Bonchev–Trinajstić information content (AvgIpc) is 2.39. The molecule has 1 atom stereocenters. The van der Waals surface area contributed by atoms with Gasteiger partial charge in [-0.15, -0.1) is 0 Å². The maximum atomic E-state index is 9.24. The van der Waals surface area contributed by atoms with Crippen molar-refractivity contribution >= 4 is 0 Å². The van der Waals surface area contributed by atoms with E-state index < -0.39 is 0 Å². The van der Waals surface area contributed by atoms with Crippen LogP contribution in [0.5, 0.6) is 0 Å². The van der Waals surface area contributed by atoms with Gasteiger partial charge in [-0.25, -0.2) is 0 Å². The van der Waals surface area contributed by atoms with Crippen LogP contribution in [0.15, 0.2) is 0 Å². The number of nitrogens with one attached hydrogen (secondary N) is 1. The minimum Gasteiger partial charge on any atom is -0.303 e. The van der Waals surface area contributed by atoms with E-state index in [1.165, 1.54) is 32.4 Å². The fraction of sp³-hybridized carbons (Fsp3) is 0.933. The van der Waals surface area contributed by atoms with Gasteiger partial charge in [0.15, 0.2) is 0 Å². The third kappa shape index (κ3) is 4.26. The molecule has 0 bridgehead atoms. The predicted molar refractivity (Wildman–Crippen MR) is 76.4 cm³/mol. The average molecular weight is 251 g/mol. The van der Waals surface area contributed by atoms with Crippen LogP contribution in [-0.4, -0.2) is 36.6 Å². The lowest BCUT2D eigenvalue weighted by Gasteiger charge is -2.39. The number of nitriles is 1. The summed E-state index contributed by atoms with van der Waals surface area (Å²) < 4.78 is 0. The molecule has 3 heteroatoms. The molecule has 1 saturated heterocycles. The summed E-state index contributed by atoms with van der Waals surface area (Å²) in [4.78, 5) is 2.52. The van der Waals surface area contributed by atoms with Gasteiger partial charge in [-0.05, 0) is 51.2 Å². The molecule has 3 nitrogen and oxygen atoms in total. The lowest BCUT2D eigenvalue weighted by molar-refractivity contribution is 0.109. The number of hydrogen-bond acceptors (Lipinski definition) is 3. The predicted octanol–water partition coefficient (Wildman–Crippen LogP) is 2.78. The summed E-state index contributed by atoms with van der Waals surface area (Å²) in [5.74, 6) is 0. The smallest absolute Gasteiger partial charge is 0.105 e. The first-order valence-corrected chi connectivity index (χ1v) is 7.35. The van der Waals surface area contributed by atoms with Crippen LogP contribution in [0.4, 0.5) is 0 Å². The molecule has 0 spiro atoms. The monoisotopic (exact) mass is 251 g/mol. The molecule has 0 aliphatic carbocycles. The molecule has 1 unspecified atom stereocenters. The fourth-order valence-corrected chi connectivity index (χ4v) is 2.63. The van der Waals surface area contributed by atoms with Gasteiger partial charge in [0.1, 0.15) is 5.54 Å². The lowest BCUT2D eigenvalue weighted by Crippen LogP contribution is -2.46. The number of rotatable bonds is 6. The van der Waals surface area contributed by atoms with E-state index >= 15 is 0 Å². The lowest BCUT2D eigenvalue weighted by atomic mass is 9.78. The second kappa shape index (κ2) is 6.54. The van der Waals surface area contributed by atoms with Gasteiger partial charge in [0, 0.05) is 6.54 Å². The zero-order valence-electron chi connectivity index (χ0n) is 12.6. The van der Waals surface area contributed by atoms with Crippen molar-refractivity contribution in [3.05, 3.63) is 0 Å². The van der Waals surface area contributed by atoms with E-state index in [-0.39, 0.29) is 5.54 Å². The Morgan fingerprint density at radius 2 is 1.94 bits per heavy atom. The summed E-state index contributed by atoms with van der Waals surface area (Å²) in [6.45, 7) is 13.1. The first-order chi connectivity index (χ1) is 8.47. The van der Waals surface area contributed by atoms with Gasteiger partial charge in [0.25, 0.3) is 0 Å². The van der Waals surface area contributed by atoms with E-state index in [0.717, 1.165) is 19.5 Å². The molecule has 0 aromatic rings. The van der Waals surface area contributed by atoms with E-state index in [9.17, 15) is 5.26 Å². The molecule has 0 aromatic carbocycles. The van der Waals surface area contributed by atoms with E-state index in [4.69, 9.17) is 0 Å². The van der Waals surface area contributed by atoms with Crippen LogP contribution in [0.3, 0.4) is 0 Å². The first kappa shape index (κ1) is 15.5. The number of likely N-dealkylation sites (tertiary alicyclic amines) is 1. The Labute approximate surface area is 113 Å². The highest BCUT2D eigenvalue weighted by Gasteiger charge is 2.29. The third-order valence-corrected chi connectivity index (χ3v) is 4.66. The SMILES string of the molecule is CCNC(C)(C#N)CCN1CCC(C)(CC)CC1. The van der Waals surface area contributed by atoms with Crippen LogP contribution in [0, 0.1) is 16.7 Å². The second-order valence-corrected chi connectivity index (χ2v) is 6.23. The van der Waals surface area contributed by atoms with Crippen LogP contribution in [-0.2, 0) is 0 Å². The van der Waals surface area contributed by atoms with Crippen molar-refractivity contribution in [1.29, 1.82) is 5.26 Å². The molecule has 104 valence electrons. The molecule has 1 fully saturated rings. The molecule has 1 N–H and O–H groups in total. The Bertz CT molecular complexity index is 287. The largest absolute Gasteiger partial charge is 0.303 e. The van der Waals surface area contributed by atoms with Gasteiger partial charge in [0.05, 0.1) is 6.07 Å². The number of hydrogen-bond donors (Lipinski definition) is 1. The molecule has 0 radical (unpaired) electrons. The van der Waals surface area contributed by atoms with Gasteiger partial charge in [-0.3, -0.25) is 5.32 Å². The standard InChI is InChI=1S/C15H29N3/c1-5-14(3)7-10-18(11-8-14)12-9-15(4,13-16)17-6-2/h17H,5-12H2,1-4H3. The van der Waals surface area contributed by atoms with E-state index in [0.29, 0.717) is 5.41 Å². The highest BCUT2D eigenvalue weighted by molar-refractivity contribution is 5.03. The van der Waals surface area contributed by atoms with E-state index in [1.807, 2.05) is 6.92 Å². The van der Waals surface area contributed by atoms with Crippen molar-refractivity contribution < 1.29 is 0 Å². The van der Waals surface area contributed by atoms with Crippen LogP contribution >= 0.6 is 0 Å². The summed E-state index contributed by atoms with van der Waals surface area (Å²) in [6, 6.07) is 2.41. The minimum atomic E-state index is -0.361. The normalized spacial score (nSPS) is 23.3. The van der Waals surface area contributed by atoms with Crippen molar-refractivity contribution in [2.75, 3.05) is 26.2 Å². The van der Waals surface area contributed by atoms with Gasteiger partial charge in [0.2, 0.25) is 0 Å². The van der Waals surface area contributed by atoms with Crippen LogP contribution in [0.2, 0.25) is 0 Å². The maximum absolute atomic E-state index is 9.24. The molecule has 1 rings (SSSR count). The Kier molecular flexibility index (Phi) is 5.62. The molecular formula is C15H29N3. The highest BCUT2D eigenvalue weighted by atomic mass is 15.1. The van der Waals surface area contributed by atoms with Gasteiger partial charge in [-0.1, -0.05) is 27.2 Å². The summed E-state index contributed by atoms with van der Waals surface area (Å²) in [5.41, 5.74) is 0.191. The summed E-state index contributed by atoms with van der Waals surface area (Å²) in [5, 5.41) is 12.5. The van der Waals surface area contributed by atoms with Crippen molar-refractivity contribution in [3.63, 3.8) is 0 Å². The molecule has 1 heterocycles. The van der Waals surface area contributed by atoms with Crippen molar-refractivity contribution in [2.24, 2.45) is 5.41 Å². The van der Waals surface area contributed by atoms with Crippen LogP contribution < -0.4 is 5.32 Å². The van der Waals surface area contributed by atoms with Crippen molar-refractivity contribution in [1.82, 2.24) is 10.2 Å². The van der Waals surface area contributed by atoms with E-state index in [2.05, 4.69) is 37.1 Å². The van der Waals surface area contributed by atoms with Crippen molar-refractivity contribution in [2.45, 2.75) is 58.9 Å². The summed E-state index contributed by atoms with van der Waals surface area (Å²) in [7, 11) is 0. The van der Waals surface area contributed by atoms with Crippen molar-refractivity contribution in [3.8, 4) is 6.07 Å². The Morgan fingerprint density at radius 1 is 1.33 bits per heavy atom. The molecule has 0 aromatic heterocycles. The quantitative estimate of drug-likeness (QED) is 0.789. The minimum absolute atomic E-state index is 0.361. The van der Waals surface area contributed by atoms with Crippen LogP contribution in [0.1, 0.15) is 53.4 Å². The molecule has 0 saturated carbocycles. The van der Waals surface area contributed by atoms with Gasteiger partial charge < -0.3 is 4.90 Å². The first-order valence-electron chi connectivity index (χ1n) is 7.35. The van der Waals surface area contributed by atoms with Crippen LogP contribution in [0.25, 0.3) is 0 Å². The fourth-order valence-electron chi connectivity index (χ4n) is 2.63. The topological polar surface area (TPSA) is 39.1 Å². The Balaban J connectivity index is 2.36. The third-order valence-electron chi connectivity index (χ3n) is 4.66. The van der Waals surface area contributed by atoms with Gasteiger partial charge >= 0.3 is 0 Å². The zero-order valence-corrected chi connectivity index (χ0v) is 12.6. The maximum Gasteiger partial charge on any atom is 0.105 e.